The van der Waals surface area contributed by atoms with E-state index in [1.807, 2.05) is 0 Å². The smallest absolute Gasteiger partial charge is 0.336 e. The van der Waals surface area contributed by atoms with E-state index in [-0.39, 0.29) is 22.8 Å². The fourth-order valence-electron chi connectivity index (χ4n) is 3.24. The van der Waals surface area contributed by atoms with Crippen molar-refractivity contribution in [3.8, 4) is 0 Å². The summed E-state index contributed by atoms with van der Waals surface area (Å²) in [6, 6.07) is 3.02. The van der Waals surface area contributed by atoms with E-state index in [1.54, 1.807) is 13.0 Å². The summed E-state index contributed by atoms with van der Waals surface area (Å²) in [6.45, 7) is 1.67. The lowest BCUT2D eigenvalue weighted by Crippen LogP contribution is -2.41. The Morgan fingerprint density at radius 2 is 2.00 bits per heavy atom. The van der Waals surface area contributed by atoms with Crippen molar-refractivity contribution in [2.75, 3.05) is 0 Å². The van der Waals surface area contributed by atoms with Gasteiger partial charge in [-0.1, -0.05) is 12.8 Å². The maximum absolute atomic E-state index is 12.0. The van der Waals surface area contributed by atoms with Gasteiger partial charge < -0.3 is 10.1 Å². The van der Waals surface area contributed by atoms with Gasteiger partial charge in [0, 0.05) is 5.92 Å². The Kier molecular flexibility index (Phi) is 3.63. The van der Waals surface area contributed by atoms with E-state index in [0.717, 1.165) is 25.7 Å². The van der Waals surface area contributed by atoms with Crippen LogP contribution in [0.3, 0.4) is 0 Å². The highest BCUT2D eigenvalue weighted by molar-refractivity contribution is 5.97. The molecular weight excluding hydrogens is 296 g/mol. The number of fused-ring (bicyclic) bond motifs is 1. The standard InChI is InChI=1S/C16H18N4O3/c1-8-6-12-11(7-10(8)16(22)23)19-15(21)14(18)20(12)13(17)9-4-2-3-5-9/h6-7,9,17-18H,2-5H2,1H3,(H,19,21)(H,22,23). The molecule has 1 aliphatic rings. The quantitative estimate of drug-likeness (QED) is 0.499. The topological polar surface area (TPSA) is 123 Å². The van der Waals surface area contributed by atoms with Gasteiger partial charge in [-0.2, -0.15) is 0 Å². The molecule has 0 aliphatic heterocycles. The van der Waals surface area contributed by atoms with Gasteiger partial charge in [-0.15, -0.1) is 0 Å². The molecule has 7 heteroatoms. The van der Waals surface area contributed by atoms with Crippen LogP contribution in [0.15, 0.2) is 16.9 Å². The number of aromatic nitrogens is 2. The van der Waals surface area contributed by atoms with E-state index in [9.17, 15) is 14.7 Å². The minimum absolute atomic E-state index is 0.0357. The lowest BCUT2D eigenvalue weighted by atomic mass is 10.0. The van der Waals surface area contributed by atoms with Gasteiger partial charge in [-0.05, 0) is 37.5 Å². The Hall–Kier alpha value is -2.70. The number of carbonyl (C=O) groups is 1. The molecule has 23 heavy (non-hydrogen) atoms. The molecule has 0 saturated heterocycles. The molecule has 3 rings (SSSR count). The van der Waals surface area contributed by atoms with Gasteiger partial charge in [0.2, 0.25) is 0 Å². The highest BCUT2D eigenvalue weighted by atomic mass is 16.4. The number of nitrogens with one attached hydrogen (secondary N) is 3. The second-order valence-corrected chi connectivity index (χ2v) is 5.99. The van der Waals surface area contributed by atoms with E-state index in [1.165, 1.54) is 10.6 Å². The molecule has 1 heterocycles. The minimum Gasteiger partial charge on any atom is -0.478 e. The molecule has 0 radical (unpaired) electrons. The molecule has 0 bridgehead atoms. The molecule has 0 unspecified atom stereocenters. The van der Waals surface area contributed by atoms with Crippen LogP contribution in [-0.2, 0) is 0 Å². The Labute approximate surface area is 131 Å². The van der Waals surface area contributed by atoms with Crippen LogP contribution in [0.25, 0.3) is 11.0 Å². The third-order valence-corrected chi connectivity index (χ3v) is 4.48. The Balaban J connectivity index is 2.31. The third-order valence-electron chi connectivity index (χ3n) is 4.48. The average Bonchev–Trinajstić information content (AvgIpc) is 3.02. The first kappa shape index (κ1) is 15.2. The summed E-state index contributed by atoms with van der Waals surface area (Å²) in [5, 5.41) is 25.7. The van der Waals surface area contributed by atoms with Crippen molar-refractivity contribution in [1.82, 2.24) is 9.55 Å². The Bertz CT molecular complexity index is 933. The summed E-state index contributed by atoms with van der Waals surface area (Å²) >= 11 is 0. The number of aromatic amines is 1. The van der Waals surface area contributed by atoms with Crippen LogP contribution in [0.1, 0.15) is 41.6 Å². The molecule has 1 aliphatic carbocycles. The highest BCUT2D eigenvalue weighted by Crippen LogP contribution is 2.27. The molecule has 1 saturated carbocycles. The van der Waals surface area contributed by atoms with Crippen LogP contribution in [-0.4, -0.2) is 26.5 Å². The minimum atomic E-state index is -1.07. The first-order chi connectivity index (χ1) is 10.9. The van der Waals surface area contributed by atoms with Crippen LogP contribution in [0.5, 0.6) is 0 Å². The number of aryl methyl sites for hydroxylation is 1. The van der Waals surface area contributed by atoms with E-state index in [0.29, 0.717) is 16.6 Å². The van der Waals surface area contributed by atoms with E-state index in [4.69, 9.17) is 10.8 Å². The summed E-state index contributed by atoms with van der Waals surface area (Å²) in [7, 11) is 0. The number of rotatable bonds is 2. The number of H-pyrrole nitrogens is 1. The zero-order valence-corrected chi connectivity index (χ0v) is 12.8. The van der Waals surface area contributed by atoms with Crippen molar-refractivity contribution >= 4 is 22.8 Å². The predicted molar refractivity (Wildman–Crippen MR) is 85.2 cm³/mol. The fraction of sp³-hybridized carbons (Fsp3) is 0.375. The third kappa shape index (κ3) is 2.48. The average molecular weight is 314 g/mol. The number of nitrogens with zero attached hydrogens (tertiary/aromatic N) is 1. The van der Waals surface area contributed by atoms with Crippen molar-refractivity contribution < 1.29 is 9.90 Å². The molecule has 120 valence electrons. The first-order valence-corrected chi connectivity index (χ1v) is 7.56. The lowest BCUT2D eigenvalue weighted by Gasteiger charge is -2.17. The normalized spacial score (nSPS) is 15.2. The van der Waals surface area contributed by atoms with Gasteiger partial charge in [0.15, 0.2) is 5.49 Å². The van der Waals surface area contributed by atoms with Crippen molar-refractivity contribution in [1.29, 1.82) is 10.8 Å². The summed E-state index contributed by atoms with van der Waals surface area (Å²) < 4.78 is 1.35. The van der Waals surface area contributed by atoms with Crippen LogP contribution >= 0.6 is 0 Å². The zero-order chi connectivity index (χ0) is 16.7. The summed E-state index contributed by atoms with van der Waals surface area (Å²) in [4.78, 5) is 25.8. The van der Waals surface area contributed by atoms with E-state index in [2.05, 4.69) is 4.98 Å². The molecule has 4 N–H and O–H groups in total. The van der Waals surface area contributed by atoms with Gasteiger partial charge in [0.25, 0.3) is 5.56 Å². The molecule has 1 fully saturated rings. The maximum Gasteiger partial charge on any atom is 0.336 e. The number of hydrogen-bond acceptors (Lipinski definition) is 4. The van der Waals surface area contributed by atoms with Crippen molar-refractivity contribution in [2.24, 2.45) is 5.92 Å². The van der Waals surface area contributed by atoms with Crippen molar-refractivity contribution in [2.45, 2.75) is 32.6 Å². The Morgan fingerprint density at radius 3 is 2.61 bits per heavy atom. The second kappa shape index (κ2) is 5.49. The molecule has 0 amide bonds. The largest absolute Gasteiger partial charge is 0.478 e. The maximum atomic E-state index is 12.0. The van der Waals surface area contributed by atoms with Gasteiger partial charge >= 0.3 is 5.97 Å². The van der Waals surface area contributed by atoms with Crippen LogP contribution in [0.4, 0.5) is 0 Å². The second-order valence-electron chi connectivity index (χ2n) is 5.99. The molecule has 7 nitrogen and oxygen atoms in total. The van der Waals surface area contributed by atoms with Gasteiger partial charge in [0.1, 0.15) is 5.84 Å². The van der Waals surface area contributed by atoms with E-state index >= 15 is 0 Å². The van der Waals surface area contributed by atoms with Gasteiger partial charge in [-0.3, -0.25) is 20.2 Å². The SMILES string of the molecule is Cc1cc2c(cc1C(=O)O)[nH]c(=O)c(=N)n2C(=N)C1CCCC1. The van der Waals surface area contributed by atoms with E-state index < -0.39 is 11.5 Å². The van der Waals surface area contributed by atoms with Gasteiger partial charge in [-0.25, -0.2) is 4.79 Å². The van der Waals surface area contributed by atoms with Crippen molar-refractivity contribution in [3.63, 3.8) is 0 Å². The van der Waals surface area contributed by atoms with Gasteiger partial charge in [0.05, 0.1) is 16.6 Å². The first-order valence-electron chi connectivity index (χ1n) is 7.56. The number of aromatic carboxylic acids is 1. The number of carboxylic acids is 1. The molecule has 2 aromatic rings. The molecular formula is C16H18N4O3. The summed E-state index contributed by atoms with van der Waals surface area (Å²) in [5.41, 5.74) is 0.539. The molecule has 0 spiro atoms. The van der Waals surface area contributed by atoms with Crippen LogP contribution in [0, 0.1) is 23.7 Å². The molecule has 1 aromatic carbocycles. The molecule has 0 atom stereocenters. The number of benzene rings is 1. The monoisotopic (exact) mass is 314 g/mol. The highest BCUT2D eigenvalue weighted by Gasteiger charge is 2.23. The fourth-order valence-corrected chi connectivity index (χ4v) is 3.24. The van der Waals surface area contributed by atoms with Crippen LogP contribution in [0.2, 0.25) is 0 Å². The predicted octanol–water partition coefficient (Wildman–Crippen LogP) is 1.83. The number of carboxylic acid groups (broad SMARTS) is 1. The lowest BCUT2D eigenvalue weighted by molar-refractivity contribution is 0.0696. The molecule has 1 aromatic heterocycles. The Morgan fingerprint density at radius 1 is 1.35 bits per heavy atom. The number of hydrogen-bond donors (Lipinski definition) is 4. The van der Waals surface area contributed by atoms with Crippen LogP contribution < -0.4 is 11.0 Å². The zero-order valence-electron chi connectivity index (χ0n) is 12.8. The summed E-state index contributed by atoms with van der Waals surface area (Å²) in [6.07, 6.45) is 3.85. The summed E-state index contributed by atoms with van der Waals surface area (Å²) in [5.74, 6) is -0.794. The van der Waals surface area contributed by atoms with Crippen molar-refractivity contribution in [3.05, 3.63) is 39.1 Å².